The highest BCUT2D eigenvalue weighted by Gasteiger charge is 2.28. The summed E-state index contributed by atoms with van der Waals surface area (Å²) < 4.78 is 13.3. The van der Waals surface area contributed by atoms with E-state index < -0.39 is 0 Å². The fourth-order valence-electron chi connectivity index (χ4n) is 4.70. The summed E-state index contributed by atoms with van der Waals surface area (Å²) in [5.74, 6) is 1.31. The normalized spacial score (nSPS) is 17.6. The van der Waals surface area contributed by atoms with Crippen LogP contribution in [0, 0.1) is 0 Å². The average Bonchev–Trinajstić information content (AvgIpc) is 3.32. The lowest BCUT2D eigenvalue weighted by molar-refractivity contribution is -0.121. The summed E-state index contributed by atoms with van der Waals surface area (Å²) in [7, 11) is 0. The van der Waals surface area contributed by atoms with Gasteiger partial charge in [-0.05, 0) is 51.0 Å². The lowest BCUT2D eigenvalue weighted by Gasteiger charge is -2.33. The molecule has 2 aliphatic heterocycles. The summed E-state index contributed by atoms with van der Waals surface area (Å²) in [6.45, 7) is 8.08. The third kappa shape index (κ3) is 4.54. The molecule has 2 amide bonds. The molecule has 1 N–H and O–H groups in total. The van der Waals surface area contributed by atoms with Gasteiger partial charge < -0.3 is 19.7 Å². The van der Waals surface area contributed by atoms with Crippen molar-refractivity contribution < 1.29 is 19.1 Å². The lowest BCUT2D eigenvalue weighted by atomic mass is 10.0. The van der Waals surface area contributed by atoms with E-state index in [4.69, 9.17) is 14.5 Å². The maximum Gasteiger partial charge on any atom is 0.254 e. The van der Waals surface area contributed by atoms with Gasteiger partial charge in [-0.2, -0.15) is 5.10 Å². The molecule has 3 aromatic rings. The Bertz CT molecular complexity index is 1270. The van der Waals surface area contributed by atoms with Crippen molar-refractivity contribution >= 4 is 22.8 Å². The summed E-state index contributed by atoms with van der Waals surface area (Å²) in [4.78, 5) is 32.5. The molecule has 5 rings (SSSR count). The van der Waals surface area contributed by atoms with Gasteiger partial charge in [0.2, 0.25) is 5.91 Å². The van der Waals surface area contributed by atoms with Crippen LogP contribution in [0.4, 0.5) is 0 Å². The number of pyridine rings is 1. The molecule has 0 saturated carbocycles. The van der Waals surface area contributed by atoms with Crippen molar-refractivity contribution in [1.82, 2.24) is 25.0 Å². The standard InChI is InChI=1S/C26H31N5O4/c1-4-24(32)28-18-6-5-9-30(15-18)26(33)19-13-21(29-25-20(19)14-27-31(25)16(2)3)17-7-8-22-23(12-17)35-11-10-34-22/h7-8,12-14,16,18H,4-6,9-11,15H2,1-3H3,(H,28,32). The number of aromatic nitrogens is 3. The Kier molecular flexibility index (Phi) is 6.32. The van der Waals surface area contributed by atoms with Crippen LogP contribution in [0.15, 0.2) is 30.5 Å². The molecule has 9 heteroatoms. The molecule has 9 nitrogen and oxygen atoms in total. The van der Waals surface area contributed by atoms with Crippen LogP contribution in [0.3, 0.4) is 0 Å². The van der Waals surface area contributed by atoms with Gasteiger partial charge in [-0.3, -0.25) is 9.59 Å². The minimum absolute atomic E-state index is 0.00899. The first-order valence-corrected chi connectivity index (χ1v) is 12.3. The van der Waals surface area contributed by atoms with Crippen molar-refractivity contribution in [3.8, 4) is 22.8 Å². The topological polar surface area (TPSA) is 98.6 Å². The van der Waals surface area contributed by atoms with Gasteiger partial charge in [-0.15, -0.1) is 0 Å². The van der Waals surface area contributed by atoms with Crippen molar-refractivity contribution in [1.29, 1.82) is 0 Å². The fraction of sp³-hybridized carbons (Fsp3) is 0.462. The number of benzene rings is 1. The van der Waals surface area contributed by atoms with Crippen LogP contribution in [0.1, 0.15) is 56.4 Å². The second-order valence-electron chi connectivity index (χ2n) is 9.35. The third-order valence-corrected chi connectivity index (χ3v) is 6.52. The predicted molar refractivity (Wildman–Crippen MR) is 132 cm³/mol. The number of amides is 2. The molecule has 4 heterocycles. The molecule has 1 atom stereocenters. The van der Waals surface area contributed by atoms with E-state index in [9.17, 15) is 9.59 Å². The van der Waals surface area contributed by atoms with E-state index in [1.54, 1.807) is 6.20 Å². The van der Waals surface area contributed by atoms with Crippen LogP contribution in [0.5, 0.6) is 11.5 Å². The van der Waals surface area contributed by atoms with Gasteiger partial charge in [0.05, 0.1) is 22.8 Å². The van der Waals surface area contributed by atoms with E-state index in [2.05, 4.69) is 10.4 Å². The number of fused-ring (bicyclic) bond motifs is 2. The van der Waals surface area contributed by atoms with Crippen LogP contribution < -0.4 is 14.8 Å². The van der Waals surface area contributed by atoms with Gasteiger partial charge in [0.25, 0.3) is 5.91 Å². The molecular formula is C26H31N5O4. The molecule has 2 aliphatic rings. The van der Waals surface area contributed by atoms with Crippen LogP contribution in [-0.2, 0) is 4.79 Å². The first-order valence-electron chi connectivity index (χ1n) is 12.3. The van der Waals surface area contributed by atoms with E-state index in [-0.39, 0.29) is 23.9 Å². The highest BCUT2D eigenvalue weighted by atomic mass is 16.6. The van der Waals surface area contributed by atoms with Gasteiger partial charge in [0.15, 0.2) is 17.1 Å². The summed E-state index contributed by atoms with van der Waals surface area (Å²) in [5, 5.41) is 8.30. The molecule has 0 aliphatic carbocycles. The van der Waals surface area contributed by atoms with E-state index in [0.29, 0.717) is 61.1 Å². The van der Waals surface area contributed by atoms with Crippen molar-refractivity contribution in [2.24, 2.45) is 0 Å². The van der Waals surface area contributed by atoms with E-state index in [0.717, 1.165) is 23.8 Å². The molecule has 1 saturated heterocycles. The summed E-state index contributed by atoms with van der Waals surface area (Å²) in [6.07, 6.45) is 3.87. The van der Waals surface area contributed by atoms with Crippen molar-refractivity contribution in [3.63, 3.8) is 0 Å². The van der Waals surface area contributed by atoms with Crippen LogP contribution in [-0.4, -0.2) is 63.8 Å². The maximum atomic E-state index is 13.8. The number of hydrogen-bond acceptors (Lipinski definition) is 6. The highest BCUT2D eigenvalue weighted by molar-refractivity contribution is 6.06. The molecular weight excluding hydrogens is 446 g/mol. The van der Waals surface area contributed by atoms with Crippen LogP contribution in [0.2, 0.25) is 0 Å². The first kappa shape index (κ1) is 23.1. The molecule has 2 aromatic heterocycles. The Labute approximate surface area is 204 Å². The molecule has 1 unspecified atom stereocenters. The highest BCUT2D eigenvalue weighted by Crippen LogP contribution is 2.35. The van der Waals surface area contributed by atoms with Crippen LogP contribution in [0.25, 0.3) is 22.3 Å². The Hall–Kier alpha value is -3.62. The van der Waals surface area contributed by atoms with Crippen molar-refractivity contribution in [3.05, 3.63) is 36.0 Å². The monoisotopic (exact) mass is 477 g/mol. The average molecular weight is 478 g/mol. The Morgan fingerprint density at radius 2 is 1.97 bits per heavy atom. The summed E-state index contributed by atoms with van der Waals surface area (Å²) >= 11 is 0. The number of piperidine rings is 1. The lowest BCUT2D eigenvalue weighted by Crippen LogP contribution is -2.49. The molecule has 0 bridgehead atoms. The number of nitrogens with one attached hydrogen (secondary N) is 1. The molecule has 0 spiro atoms. The quantitative estimate of drug-likeness (QED) is 0.603. The van der Waals surface area contributed by atoms with Gasteiger partial charge in [0, 0.05) is 37.2 Å². The third-order valence-electron chi connectivity index (χ3n) is 6.52. The van der Waals surface area contributed by atoms with Gasteiger partial charge in [-0.1, -0.05) is 6.92 Å². The van der Waals surface area contributed by atoms with E-state index in [1.165, 1.54) is 0 Å². The zero-order chi connectivity index (χ0) is 24.5. The Morgan fingerprint density at radius 3 is 2.74 bits per heavy atom. The molecule has 1 fully saturated rings. The molecule has 1 aromatic carbocycles. The number of rotatable bonds is 5. The maximum absolute atomic E-state index is 13.8. The number of hydrogen-bond donors (Lipinski definition) is 1. The number of carbonyl (C=O) groups excluding carboxylic acids is 2. The zero-order valence-electron chi connectivity index (χ0n) is 20.4. The van der Waals surface area contributed by atoms with Crippen molar-refractivity contribution in [2.45, 2.75) is 52.1 Å². The Balaban J connectivity index is 1.54. The van der Waals surface area contributed by atoms with E-state index >= 15 is 0 Å². The number of likely N-dealkylation sites (tertiary alicyclic amines) is 1. The number of ether oxygens (including phenoxy) is 2. The number of carbonyl (C=O) groups is 2. The second-order valence-corrected chi connectivity index (χ2v) is 9.35. The smallest absolute Gasteiger partial charge is 0.254 e. The largest absolute Gasteiger partial charge is 0.486 e. The Morgan fingerprint density at radius 1 is 1.17 bits per heavy atom. The SMILES string of the molecule is CCC(=O)NC1CCCN(C(=O)c2cc(-c3ccc4c(c3)OCCO4)nc3c2cnn3C(C)C)C1. The van der Waals surface area contributed by atoms with Gasteiger partial charge in [-0.25, -0.2) is 9.67 Å². The predicted octanol–water partition coefficient (Wildman–Crippen LogP) is 3.58. The summed E-state index contributed by atoms with van der Waals surface area (Å²) in [5.41, 5.74) is 2.75. The zero-order valence-corrected chi connectivity index (χ0v) is 20.4. The minimum atomic E-state index is -0.0741. The van der Waals surface area contributed by atoms with Gasteiger partial charge >= 0.3 is 0 Å². The molecule has 0 radical (unpaired) electrons. The molecule has 35 heavy (non-hydrogen) atoms. The minimum Gasteiger partial charge on any atom is -0.486 e. The van der Waals surface area contributed by atoms with E-state index in [1.807, 2.05) is 54.6 Å². The van der Waals surface area contributed by atoms with Crippen LogP contribution >= 0.6 is 0 Å². The molecule has 184 valence electrons. The second kappa shape index (κ2) is 9.56. The number of nitrogens with zero attached hydrogens (tertiary/aromatic N) is 4. The van der Waals surface area contributed by atoms with Gasteiger partial charge in [0.1, 0.15) is 13.2 Å². The fourth-order valence-corrected chi connectivity index (χ4v) is 4.70. The first-order chi connectivity index (χ1) is 16.9. The summed E-state index contributed by atoms with van der Waals surface area (Å²) in [6, 6.07) is 7.61. The van der Waals surface area contributed by atoms with Crippen molar-refractivity contribution in [2.75, 3.05) is 26.3 Å².